The van der Waals surface area contributed by atoms with Gasteiger partial charge in [0.1, 0.15) is 0 Å². The maximum atomic E-state index is 12.8. The lowest BCUT2D eigenvalue weighted by molar-refractivity contribution is -0.154. The number of carbonyl (C=O) groups excluding carboxylic acids is 1. The molecule has 0 aliphatic carbocycles. The molecule has 0 aromatic carbocycles. The van der Waals surface area contributed by atoms with Crippen LogP contribution in [-0.4, -0.2) is 51.9 Å². The van der Waals surface area contributed by atoms with Gasteiger partial charge < -0.3 is 8.85 Å². The Morgan fingerprint density at radius 3 is 2.19 bits per heavy atom. The summed E-state index contributed by atoms with van der Waals surface area (Å²) < 4.78 is 14.6. The molecule has 0 aromatic rings. The molecule has 1 rings (SSSR count). The molecular weight excluding hydrogens is 378 g/mol. The summed E-state index contributed by atoms with van der Waals surface area (Å²) in [6.45, 7) is 24.4. The van der Waals surface area contributed by atoms with E-state index < -0.39 is 16.6 Å². The summed E-state index contributed by atoms with van der Waals surface area (Å²) in [6.07, 6.45) is 3.82. The number of carbonyl (C=O) groups is 1. The van der Waals surface area contributed by atoms with Gasteiger partial charge >= 0.3 is 0 Å². The molecule has 0 saturated carbocycles. The predicted molar refractivity (Wildman–Crippen MR) is 118 cm³/mol. The summed E-state index contributed by atoms with van der Waals surface area (Å²) >= 11 is 1.50. The highest BCUT2D eigenvalue weighted by Gasteiger charge is 2.54. The van der Waals surface area contributed by atoms with Gasteiger partial charge in [0.05, 0.1) is 18.1 Å². The van der Waals surface area contributed by atoms with Gasteiger partial charge in [-0.2, -0.15) is 0 Å². The molecule has 0 bridgehead atoms. The van der Waals surface area contributed by atoms with Crippen molar-refractivity contribution in [3.8, 4) is 0 Å². The SMILES string of the molecule is C=C[C@@H](CO[Si](C)(C)C)[C@@H]1[C@@H]([C@@H](C)O[Si](C)(C)C(C)(C)C)C(=O)N1SC. The Balaban J connectivity index is 2.97. The molecule has 0 spiro atoms. The first-order valence-electron chi connectivity index (χ1n) is 9.48. The van der Waals surface area contributed by atoms with Crippen molar-refractivity contribution in [2.24, 2.45) is 11.8 Å². The van der Waals surface area contributed by atoms with Crippen molar-refractivity contribution >= 4 is 34.5 Å². The molecule has 0 unspecified atom stereocenters. The van der Waals surface area contributed by atoms with E-state index in [1.165, 1.54) is 11.9 Å². The summed E-state index contributed by atoms with van der Waals surface area (Å²) in [5, 5.41) is 0.127. The number of amides is 1. The van der Waals surface area contributed by atoms with Gasteiger partial charge in [0.25, 0.3) is 0 Å². The first-order chi connectivity index (χ1) is 11.7. The lowest BCUT2D eigenvalue weighted by Crippen LogP contribution is -2.65. The Morgan fingerprint density at radius 1 is 1.27 bits per heavy atom. The third-order valence-corrected chi connectivity index (χ3v) is 12.0. The molecule has 1 fully saturated rings. The fraction of sp³-hybridized carbons (Fsp3) is 0.842. The first-order valence-corrected chi connectivity index (χ1v) is 17.0. The highest BCUT2D eigenvalue weighted by Crippen LogP contribution is 2.44. The molecule has 0 N–H and O–H groups in total. The smallest absolute Gasteiger partial charge is 0.240 e. The van der Waals surface area contributed by atoms with E-state index in [4.69, 9.17) is 8.85 Å². The number of β-lactam (4-membered cyclic amide) rings is 1. The standard InChI is InChI=1S/C19H39NO3SSi2/c1-12-15(13-22-25(7,8)9)17-16(18(21)20(17)24-6)14(2)23-26(10,11)19(3,4)5/h12,14-17H,1,13H2,2-11H3/t14-,15+,16-,17-/m1/s1. The summed E-state index contributed by atoms with van der Waals surface area (Å²) in [5.74, 6) is 0.181. The van der Waals surface area contributed by atoms with Crippen LogP contribution in [-0.2, 0) is 13.6 Å². The van der Waals surface area contributed by atoms with Gasteiger partial charge in [-0.3, -0.25) is 9.10 Å². The second-order valence-corrected chi connectivity index (χ2v) is 19.8. The number of rotatable bonds is 9. The van der Waals surface area contributed by atoms with Gasteiger partial charge in [-0.25, -0.2) is 0 Å². The van der Waals surface area contributed by atoms with E-state index in [0.29, 0.717) is 6.61 Å². The van der Waals surface area contributed by atoms with Crippen molar-refractivity contribution in [3.05, 3.63) is 12.7 Å². The zero-order chi connectivity index (χ0) is 20.5. The van der Waals surface area contributed by atoms with Gasteiger partial charge in [-0.15, -0.1) is 6.58 Å². The average Bonchev–Trinajstić information content (AvgIpc) is 2.44. The molecule has 1 heterocycles. The van der Waals surface area contributed by atoms with E-state index in [-0.39, 0.29) is 34.9 Å². The maximum Gasteiger partial charge on any atom is 0.240 e. The summed E-state index contributed by atoms with van der Waals surface area (Å²) in [5.41, 5.74) is 0. The summed E-state index contributed by atoms with van der Waals surface area (Å²) in [4.78, 5) is 12.8. The van der Waals surface area contributed by atoms with E-state index in [2.05, 4.69) is 67.0 Å². The fourth-order valence-electron chi connectivity index (χ4n) is 3.00. The Bertz CT molecular complexity index is 514. The van der Waals surface area contributed by atoms with E-state index in [0.717, 1.165) is 0 Å². The summed E-state index contributed by atoms with van der Waals surface area (Å²) in [7, 11) is -3.54. The molecule has 0 aromatic heterocycles. The van der Waals surface area contributed by atoms with E-state index in [1.807, 2.05) is 16.6 Å². The molecule has 1 saturated heterocycles. The molecule has 1 amide bonds. The van der Waals surface area contributed by atoms with Crippen molar-refractivity contribution < 1.29 is 13.6 Å². The second kappa shape index (κ2) is 8.51. The van der Waals surface area contributed by atoms with Crippen LogP contribution in [0.5, 0.6) is 0 Å². The van der Waals surface area contributed by atoms with E-state index >= 15 is 0 Å². The van der Waals surface area contributed by atoms with Crippen molar-refractivity contribution in [2.75, 3.05) is 12.9 Å². The van der Waals surface area contributed by atoms with E-state index in [9.17, 15) is 4.79 Å². The zero-order valence-electron chi connectivity index (χ0n) is 18.4. The van der Waals surface area contributed by atoms with Gasteiger partial charge in [0.2, 0.25) is 5.91 Å². The van der Waals surface area contributed by atoms with Crippen LogP contribution in [0, 0.1) is 11.8 Å². The van der Waals surface area contributed by atoms with Crippen molar-refractivity contribution in [2.45, 2.75) is 77.6 Å². The predicted octanol–water partition coefficient (Wildman–Crippen LogP) is 5.16. The Morgan fingerprint density at radius 2 is 1.81 bits per heavy atom. The molecule has 4 nitrogen and oxygen atoms in total. The third kappa shape index (κ3) is 5.47. The molecule has 4 atom stereocenters. The monoisotopic (exact) mass is 417 g/mol. The van der Waals surface area contributed by atoms with Crippen LogP contribution < -0.4 is 0 Å². The maximum absolute atomic E-state index is 12.8. The summed E-state index contributed by atoms with van der Waals surface area (Å²) in [6, 6.07) is 0.0890. The van der Waals surface area contributed by atoms with Crippen LogP contribution in [0.25, 0.3) is 0 Å². The lowest BCUT2D eigenvalue weighted by atomic mass is 9.78. The van der Waals surface area contributed by atoms with Gasteiger partial charge in [-0.05, 0) is 44.7 Å². The molecule has 152 valence electrons. The van der Waals surface area contributed by atoms with Gasteiger partial charge in [0, 0.05) is 18.8 Å². The molecule has 1 aliphatic heterocycles. The quantitative estimate of drug-likeness (QED) is 0.225. The average molecular weight is 418 g/mol. The van der Waals surface area contributed by atoms with Crippen molar-refractivity contribution in [3.63, 3.8) is 0 Å². The third-order valence-electron chi connectivity index (χ3n) is 5.58. The van der Waals surface area contributed by atoms with Gasteiger partial charge in [-0.1, -0.05) is 38.8 Å². The highest BCUT2D eigenvalue weighted by molar-refractivity contribution is 7.96. The number of hydrogen-bond acceptors (Lipinski definition) is 4. The topological polar surface area (TPSA) is 38.8 Å². The molecule has 7 heteroatoms. The minimum absolute atomic E-state index is 0.0890. The minimum Gasteiger partial charge on any atom is -0.417 e. The Hall–Kier alpha value is -0.0862. The van der Waals surface area contributed by atoms with Crippen LogP contribution in [0.4, 0.5) is 0 Å². The number of hydrogen-bond donors (Lipinski definition) is 0. The minimum atomic E-state index is -1.93. The Kier molecular flexibility index (Phi) is 7.84. The van der Waals surface area contributed by atoms with Crippen LogP contribution in [0.3, 0.4) is 0 Å². The number of nitrogens with zero attached hydrogens (tertiary/aromatic N) is 1. The fourth-order valence-corrected chi connectivity index (χ4v) is 5.96. The molecule has 1 aliphatic rings. The van der Waals surface area contributed by atoms with Crippen LogP contribution >= 0.6 is 11.9 Å². The first kappa shape index (κ1) is 24.0. The molecule has 0 radical (unpaired) electrons. The lowest BCUT2D eigenvalue weighted by Gasteiger charge is -2.52. The van der Waals surface area contributed by atoms with Gasteiger partial charge in [0.15, 0.2) is 16.6 Å². The van der Waals surface area contributed by atoms with Crippen LogP contribution in [0.2, 0.25) is 37.8 Å². The van der Waals surface area contributed by atoms with Crippen LogP contribution in [0.1, 0.15) is 27.7 Å². The molecular formula is C19H39NO3SSi2. The van der Waals surface area contributed by atoms with Crippen molar-refractivity contribution in [1.82, 2.24) is 4.31 Å². The normalized spacial score (nSPS) is 24.2. The molecule has 26 heavy (non-hydrogen) atoms. The highest BCUT2D eigenvalue weighted by atomic mass is 32.2. The van der Waals surface area contributed by atoms with Crippen LogP contribution in [0.15, 0.2) is 12.7 Å². The van der Waals surface area contributed by atoms with E-state index in [1.54, 1.807) is 0 Å². The second-order valence-electron chi connectivity index (χ2n) is 9.77. The van der Waals surface area contributed by atoms with Crippen molar-refractivity contribution in [1.29, 1.82) is 0 Å². The zero-order valence-corrected chi connectivity index (χ0v) is 21.2. The largest absolute Gasteiger partial charge is 0.417 e. The Labute approximate surface area is 167 Å².